The molecule has 10 atom stereocenters. The monoisotopic (exact) mass is 2030 g/mol. The Morgan fingerprint density at radius 1 is 0.189 bits per heavy atom. The standard InChI is InChI=1S/C128H257O15/c1-15-26-36-46-56-63-69-73-83-93-106-130-116-122(134-109-96-86-77-71-65-58-48-38-28-17-3)117-141-127(129,104-115-137-124(102-91-81-54-44-34-23-9)120(13)132-108-95-85-76-70-64-57-47-37-27-16-2)143-128(140-105-25-11,142-121(14)125(103-92-82-55-45-35-24-10)136-111-98-87-75-62-52-42-32-21-7)126(138-113-99-89-79-68-61-51-41-31-20-6,118-131-107-94-84-74-67-60-50-40-30-19-5)139-114-100-112-133-119(12)123(101-90-80-53-43-33-22-8)135-110-97-88-78-72-66-59-49-39-29-18-4/h119-125H,15-118H2,1-14H3. The van der Waals surface area contributed by atoms with E-state index in [2.05, 4.69) is 96.9 Å². The molecular formula is C128H257O15. The summed E-state index contributed by atoms with van der Waals surface area (Å²) in [5.41, 5.74) is 0. The topological polar surface area (TPSA) is 149 Å². The number of ether oxygens (including phenoxy) is 14. The van der Waals surface area contributed by atoms with Crippen molar-refractivity contribution in [3.05, 3.63) is 0 Å². The van der Waals surface area contributed by atoms with Crippen molar-refractivity contribution < 1.29 is 71.4 Å². The minimum atomic E-state index is -2.75. The first-order valence-corrected chi connectivity index (χ1v) is 64.8. The van der Waals surface area contributed by atoms with E-state index in [9.17, 15) is 0 Å². The summed E-state index contributed by atoms with van der Waals surface area (Å²) in [6, 6.07) is 0. The average Bonchev–Trinajstić information content (AvgIpc) is 0.746. The van der Waals surface area contributed by atoms with Gasteiger partial charge in [-0.15, -0.1) is 0 Å². The van der Waals surface area contributed by atoms with Gasteiger partial charge < -0.3 is 61.6 Å². The molecule has 0 rings (SSSR count). The van der Waals surface area contributed by atoms with Crippen molar-refractivity contribution in [3.63, 3.8) is 0 Å². The molecule has 0 amide bonds. The van der Waals surface area contributed by atoms with Gasteiger partial charge in [0.2, 0.25) is 0 Å². The van der Waals surface area contributed by atoms with Crippen LogP contribution in [0.5, 0.6) is 0 Å². The third-order valence-electron chi connectivity index (χ3n) is 30.0. The van der Waals surface area contributed by atoms with Crippen molar-refractivity contribution in [1.29, 1.82) is 0 Å². The average molecular weight is 2040 g/mol. The van der Waals surface area contributed by atoms with Gasteiger partial charge in [-0.25, -0.2) is 0 Å². The van der Waals surface area contributed by atoms with Crippen molar-refractivity contribution in [1.82, 2.24) is 0 Å². The fourth-order valence-electron chi connectivity index (χ4n) is 20.2. The number of hydrogen-bond donors (Lipinski definition) is 0. The van der Waals surface area contributed by atoms with Crippen LogP contribution in [0.25, 0.3) is 0 Å². The second kappa shape index (κ2) is 114. The minimum absolute atomic E-state index is 0.0116. The van der Waals surface area contributed by atoms with Gasteiger partial charge in [0.1, 0.15) is 12.7 Å². The summed E-state index contributed by atoms with van der Waals surface area (Å²) >= 11 is 0. The molecule has 0 bridgehead atoms. The summed E-state index contributed by atoms with van der Waals surface area (Å²) in [6.45, 7) is 36.2. The molecule has 0 spiro atoms. The Balaban J connectivity index is 9.44. The van der Waals surface area contributed by atoms with E-state index in [1.54, 1.807) is 0 Å². The van der Waals surface area contributed by atoms with Crippen molar-refractivity contribution in [2.75, 3.05) is 92.5 Å². The maximum atomic E-state index is 18.0. The molecule has 0 aliphatic heterocycles. The van der Waals surface area contributed by atoms with Crippen LogP contribution in [0.1, 0.15) is 675 Å². The highest BCUT2D eigenvalue weighted by molar-refractivity contribution is 4.89. The predicted molar refractivity (Wildman–Crippen MR) is 614 cm³/mol. The molecule has 0 fully saturated rings. The molecule has 15 heteroatoms. The molecule has 1 radical (unpaired) electrons. The molecular weight excluding hydrogens is 1780 g/mol. The molecule has 0 aromatic rings. The zero-order valence-electron chi connectivity index (χ0n) is 99.2. The Hall–Kier alpha value is -0.600. The molecule has 0 saturated heterocycles. The molecule has 0 N–H and O–H groups in total. The van der Waals surface area contributed by atoms with Crippen LogP contribution in [0, 0.1) is 0 Å². The van der Waals surface area contributed by atoms with Gasteiger partial charge in [0.15, 0.2) is 0 Å². The summed E-state index contributed by atoms with van der Waals surface area (Å²) in [4.78, 5) is 0. The number of rotatable bonds is 127. The molecule has 15 nitrogen and oxygen atoms in total. The summed E-state index contributed by atoms with van der Waals surface area (Å²) in [5.74, 6) is -7.21. The van der Waals surface area contributed by atoms with Gasteiger partial charge in [0.25, 0.3) is 5.79 Å². The van der Waals surface area contributed by atoms with E-state index in [4.69, 9.17) is 66.3 Å². The van der Waals surface area contributed by atoms with Gasteiger partial charge >= 0.3 is 11.9 Å². The van der Waals surface area contributed by atoms with E-state index < -0.39 is 36.0 Å². The van der Waals surface area contributed by atoms with Gasteiger partial charge in [-0.3, -0.25) is 4.74 Å². The molecule has 859 valence electrons. The predicted octanol–water partition coefficient (Wildman–Crippen LogP) is 40.6. The maximum Gasteiger partial charge on any atom is 0.347 e. The van der Waals surface area contributed by atoms with Gasteiger partial charge in [0.05, 0.1) is 82.7 Å². The van der Waals surface area contributed by atoms with Crippen LogP contribution in [-0.2, 0) is 71.4 Å². The van der Waals surface area contributed by atoms with Crippen molar-refractivity contribution >= 4 is 0 Å². The third kappa shape index (κ3) is 91.4. The van der Waals surface area contributed by atoms with Gasteiger partial charge in [-0.2, -0.15) is 5.11 Å². The number of unbranched alkanes of at least 4 members (excludes halogenated alkanes) is 74. The fraction of sp³-hybridized carbons (Fsp3) is 1.00. The van der Waals surface area contributed by atoms with Gasteiger partial charge in [0, 0.05) is 46.2 Å². The molecule has 143 heavy (non-hydrogen) atoms. The molecule has 0 aromatic heterocycles. The van der Waals surface area contributed by atoms with Crippen LogP contribution in [0.2, 0.25) is 0 Å². The fourth-order valence-corrected chi connectivity index (χ4v) is 20.2. The molecule has 0 aliphatic carbocycles. The first-order chi connectivity index (χ1) is 70.3. The zero-order chi connectivity index (χ0) is 104. The van der Waals surface area contributed by atoms with Crippen molar-refractivity contribution in [2.24, 2.45) is 0 Å². The zero-order valence-corrected chi connectivity index (χ0v) is 99.2. The van der Waals surface area contributed by atoms with Crippen LogP contribution in [0.15, 0.2) is 0 Å². The highest BCUT2D eigenvalue weighted by atomic mass is 17.0. The molecule has 0 aliphatic rings. The largest absolute Gasteiger partial charge is 0.379 e. The van der Waals surface area contributed by atoms with Crippen LogP contribution in [0.3, 0.4) is 0 Å². The summed E-state index contributed by atoms with van der Waals surface area (Å²) in [5, 5.41) is 18.0. The highest BCUT2D eigenvalue weighted by Crippen LogP contribution is 2.43. The van der Waals surface area contributed by atoms with E-state index >= 15 is 5.11 Å². The summed E-state index contributed by atoms with van der Waals surface area (Å²) < 4.78 is 103. The van der Waals surface area contributed by atoms with Crippen LogP contribution in [-0.4, -0.2) is 153 Å². The Morgan fingerprint density at radius 3 is 0.734 bits per heavy atom. The van der Waals surface area contributed by atoms with E-state index in [1.165, 1.54) is 405 Å². The van der Waals surface area contributed by atoms with E-state index in [-0.39, 0.29) is 77.1 Å². The molecule has 10 unspecified atom stereocenters. The summed E-state index contributed by atoms with van der Waals surface area (Å²) in [7, 11) is 0. The first-order valence-electron chi connectivity index (χ1n) is 64.8. The lowest BCUT2D eigenvalue weighted by molar-refractivity contribution is -0.577. The van der Waals surface area contributed by atoms with E-state index in [0.29, 0.717) is 52.5 Å². The Kier molecular flexibility index (Phi) is 113. The van der Waals surface area contributed by atoms with Crippen molar-refractivity contribution in [2.45, 2.75) is 735 Å². The van der Waals surface area contributed by atoms with E-state index in [1.807, 2.05) is 0 Å². The lowest BCUT2D eigenvalue weighted by atomic mass is 10.0. The molecule has 0 heterocycles. The molecule has 0 aromatic carbocycles. The third-order valence-corrected chi connectivity index (χ3v) is 30.0. The van der Waals surface area contributed by atoms with Gasteiger partial charge in [-0.05, 0) is 97.8 Å². The lowest BCUT2D eigenvalue weighted by Gasteiger charge is -2.50. The highest BCUT2D eigenvalue weighted by Gasteiger charge is 2.64. The first kappa shape index (κ1) is 142. The van der Waals surface area contributed by atoms with Crippen molar-refractivity contribution in [3.8, 4) is 0 Å². The lowest BCUT2D eigenvalue weighted by Crippen LogP contribution is -2.69. The minimum Gasteiger partial charge on any atom is -0.379 e. The molecule has 0 saturated carbocycles. The smallest absolute Gasteiger partial charge is 0.347 e. The summed E-state index contributed by atoms with van der Waals surface area (Å²) in [6.07, 6.45) is 103. The normalized spacial score (nSPS) is 14.9. The quantitative estimate of drug-likeness (QED) is 0.0420. The van der Waals surface area contributed by atoms with Gasteiger partial charge in [-0.1, -0.05) is 571 Å². The Labute approximate surface area is 893 Å². The Bertz CT molecular complexity index is 2360. The van der Waals surface area contributed by atoms with Crippen LogP contribution < -0.4 is 0 Å². The van der Waals surface area contributed by atoms with E-state index in [0.717, 1.165) is 161 Å². The van der Waals surface area contributed by atoms with Crippen LogP contribution in [0.4, 0.5) is 0 Å². The SMILES string of the molecule is CCCCCCCCCCCCOCC(COC([O])(CCOC(CCCCCCCC)C(C)OCCCCCCCCCCCC)OC(OCCC)(OC(C)C(CCCCCCCC)OCCCCCCCCCC)C(COCCCCCCCCCCC)(OCCCCCCCCCCC)OCCCOC(C)C(CCCCCCCC)OCCCCCCCCCCCC)OCCCCCCCCCCCC. The Morgan fingerprint density at radius 2 is 0.427 bits per heavy atom. The second-order valence-corrected chi connectivity index (χ2v) is 44.4. The maximum absolute atomic E-state index is 18.0. The number of hydrogen-bond acceptors (Lipinski definition) is 14. The van der Waals surface area contributed by atoms with Crippen LogP contribution >= 0.6 is 0 Å². The second-order valence-electron chi connectivity index (χ2n) is 44.4.